The molecule has 0 bridgehead atoms. The third-order valence-electron chi connectivity index (χ3n) is 4.07. The van der Waals surface area contributed by atoms with Gasteiger partial charge in [0.2, 0.25) is 0 Å². The van der Waals surface area contributed by atoms with Gasteiger partial charge in [0.05, 0.1) is 6.34 Å². The average Bonchev–Trinajstić information content (AvgIpc) is 2.19. The largest absolute Gasteiger partial charge is 0.363 e. The van der Waals surface area contributed by atoms with E-state index in [0.717, 1.165) is 5.92 Å². The summed E-state index contributed by atoms with van der Waals surface area (Å²) >= 11 is 0. The minimum atomic E-state index is 0.708. The Bertz CT molecular complexity index is 221. The molecule has 1 heterocycles. The third kappa shape index (κ3) is 2.33. The maximum Gasteiger partial charge on any atom is 0.0846 e. The van der Waals surface area contributed by atoms with Crippen LogP contribution in [0.5, 0.6) is 0 Å². The van der Waals surface area contributed by atoms with Crippen molar-refractivity contribution in [3.63, 3.8) is 0 Å². The summed E-state index contributed by atoms with van der Waals surface area (Å²) in [6, 6.07) is 0. The second kappa shape index (κ2) is 4.52. The Morgan fingerprint density at radius 1 is 1.40 bits per heavy atom. The van der Waals surface area contributed by atoms with Gasteiger partial charge in [-0.05, 0) is 50.6 Å². The van der Waals surface area contributed by atoms with Crippen LogP contribution in [0.2, 0.25) is 0 Å². The van der Waals surface area contributed by atoms with Crippen molar-refractivity contribution in [3.05, 3.63) is 0 Å². The number of aliphatic imine (C=N–C) groups is 1. The van der Waals surface area contributed by atoms with E-state index in [2.05, 4.69) is 22.3 Å². The zero-order valence-electron chi connectivity index (χ0n) is 10.00. The molecule has 3 nitrogen and oxygen atoms in total. The predicted octanol–water partition coefficient (Wildman–Crippen LogP) is 1.36. The van der Waals surface area contributed by atoms with Crippen LogP contribution < -0.4 is 5.32 Å². The van der Waals surface area contributed by atoms with E-state index < -0.39 is 0 Å². The van der Waals surface area contributed by atoms with E-state index in [1.54, 1.807) is 0 Å². The number of likely N-dealkylation sites (tertiary alicyclic amines) is 1. The van der Waals surface area contributed by atoms with Gasteiger partial charge in [0.25, 0.3) is 0 Å². The van der Waals surface area contributed by atoms with Crippen LogP contribution in [0.25, 0.3) is 0 Å². The first-order chi connectivity index (χ1) is 7.28. The van der Waals surface area contributed by atoms with Crippen LogP contribution in [-0.2, 0) is 0 Å². The molecular weight excluding hydrogens is 186 g/mol. The van der Waals surface area contributed by atoms with E-state index >= 15 is 0 Å². The molecule has 1 aliphatic heterocycles. The summed E-state index contributed by atoms with van der Waals surface area (Å²) in [4.78, 5) is 6.44. The lowest BCUT2D eigenvalue weighted by atomic mass is 9.57. The lowest BCUT2D eigenvalue weighted by molar-refractivity contribution is 0.00441. The van der Waals surface area contributed by atoms with Gasteiger partial charge in [0.15, 0.2) is 0 Å². The summed E-state index contributed by atoms with van der Waals surface area (Å²) in [5, 5.41) is 3.29. The van der Waals surface area contributed by atoms with E-state index in [1.807, 2.05) is 13.4 Å². The van der Waals surface area contributed by atoms with Gasteiger partial charge in [0, 0.05) is 20.1 Å². The van der Waals surface area contributed by atoms with E-state index in [-0.39, 0.29) is 0 Å². The molecular formula is C12H23N3. The standard InChI is InChI=1S/C12H23N3/c1-13-9-11-7-12(8-11)3-5-15(6-4-12)10-14-2/h10-11,13H,3-9H2,1-2H3. The Morgan fingerprint density at radius 3 is 2.60 bits per heavy atom. The Hall–Kier alpha value is -0.570. The van der Waals surface area contributed by atoms with Gasteiger partial charge in [-0.25, -0.2) is 0 Å². The summed E-state index contributed by atoms with van der Waals surface area (Å²) < 4.78 is 0. The molecule has 3 heteroatoms. The van der Waals surface area contributed by atoms with E-state index in [0.29, 0.717) is 5.41 Å². The highest BCUT2D eigenvalue weighted by Crippen LogP contribution is 2.52. The Balaban J connectivity index is 1.75. The number of hydrogen-bond acceptors (Lipinski definition) is 2. The van der Waals surface area contributed by atoms with Gasteiger partial charge in [-0.15, -0.1) is 0 Å². The minimum Gasteiger partial charge on any atom is -0.363 e. The molecule has 1 aliphatic carbocycles. The fraction of sp³-hybridized carbons (Fsp3) is 0.917. The van der Waals surface area contributed by atoms with Crippen molar-refractivity contribution in [2.75, 3.05) is 33.7 Å². The van der Waals surface area contributed by atoms with Crippen molar-refractivity contribution in [2.24, 2.45) is 16.3 Å². The molecule has 0 aromatic heterocycles. The van der Waals surface area contributed by atoms with Crippen molar-refractivity contribution in [1.82, 2.24) is 10.2 Å². The molecule has 2 aliphatic rings. The second-order valence-electron chi connectivity index (χ2n) is 5.24. The monoisotopic (exact) mass is 209 g/mol. The zero-order chi connectivity index (χ0) is 10.7. The van der Waals surface area contributed by atoms with E-state index in [9.17, 15) is 0 Å². The molecule has 1 saturated carbocycles. The summed E-state index contributed by atoms with van der Waals surface area (Å²) in [6.07, 6.45) is 7.64. The van der Waals surface area contributed by atoms with Gasteiger partial charge in [-0.2, -0.15) is 0 Å². The van der Waals surface area contributed by atoms with Crippen LogP contribution in [0.3, 0.4) is 0 Å². The highest BCUT2D eigenvalue weighted by atomic mass is 15.1. The molecule has 0 atom stereocenters. The maximum atomic E-state index is 4.09. The normalized spacial score (nSPS) is 26.1. The van der Waals surface area contributed by atoms with Crippen LogP contribution in [0.4, 0.5) is 0 Å². The number of piperidine rings is 1. The molecule has 86 valence electrons. The van der Waals surface area contributed by atoms with Crippen molar-refractivity contribution >= 4 is 6.34 Å². The van der Waals surface area contributed by atoms with E-state index in [4.69, 9.17) is 0 Å². The van der Waals surface area contributed by atoms with Crippen molar-refractivity contribution in [1.29, 1.82) is 0 Å². The molecule has 1 saturated heterocycles. The first-order valence-electron chi connectivity index (χ1n) is 6.09. The van der Waals surface area contributed by atoms with Crippen molar-refractivity contribution in [3.8, 4) is 0 Å². The Morgan fingerprint density at radius 2 is 2.07 bits per heavy atom. The van der Waals surface area contributed by atoms with Crippen molar-refractivity contribution in [2.45, 2.75) is 25.7 Å². The molecule has 2 rings (SSSR count). The van der Waals surface area contributed by atoms with Gasteiger partial charge in [0.1, 0.15) is 0 Å². The molecule has 2 fully saturated rings. The highest BCUT2D eigenvalue weighted by molar-refractivity contribution is 5.54. The fourth-order valence-corrected chi connectivity index (χ4v) is 3.28. The first-order valence-corrected chi connectivity index (χ1v) is 6.09. The summed E-state index contributed by atoms with van der Waals surface area (Å²) in [5.74, 6) is 0.946. The SMILES string of the molecule is CN=CN1CCC2(CC1)CC(CNC)C2. The number of nitrogens with one attached hydrogen (secondary N) is 1. The molecule has 0 unspecified atom stereocenters. The zero-order valence-corrected chi connectivity index (χ0v) is 10.00. The molecule has 15 heavy (non-hydrogen) atoms. The van der Waals surface area contributed by atoms with Gasteiger partial charge in [-0.1, -0.05) is 0 Å². The van der Waals surface area contributed by atoms with E-state index in [1.165, 1.54) is 45.3 Å². The topological polar surface area (TPSA) is 27.6 Å². The van der Waals surface area contributed by atoms with Gasteiger partial charge in [-0.3, -0.25) is 4.99 Å². The third-order valence-corrected chi connectivity index (χ3v) is 4.07. The number of nitrogens with zero attached hydrogens (tertiary/aromatic N) is 2. The smallest absolute Gasteiger partial charge is 0.0846 e. The summed E-state index contributed by atoms with van der Waals surface area (Å²) in [7, 11) is 3.92. The molecule has 1 N–H and O–H groups in total. The lowest BCUT2D eigenvalue weighted by Crippen LogP contribution is -2.48. The molecule has 0 aromatic rings. The maximum absolute atomic E-state index is 4.09. The Labute approximate surface area is 92.9 Å². The Kier molecular flexibility index (Phi) is 3.29. The van der Waals surface area contributed by atoms with Crippen LogP contribution in [0.1, 0.15) is 25.7 Å². The van der Waals surface area contributed by atoms with Crippen molar-refractivity contribution < 1.29 is 0 Å². The van der Waals surface area contributed by atoms with Crippen LogP contribution in [0.15, 0.2) is 4.99 Å². The lowest BCUT2D eigenvalue weighted by Gasteiger charge is -2.52. The highest BCUT2D eigenvalue weighted by Gasteiger charge is 2.44. The minimum absolute atomic E-state index is 0.708. The average molecular weight is 209 g/mol. The molecule has 1 spiro atoms. The van der Waals surface area contributed by atoms with Gasteiger partial charge < -0.3 is 10.2 Å². The fourth-order valence-electron chi connectivity index (χ4n) is 3.28. The summed E-state index contributed by atoms with van der Waals surface area (Å²) in [6.45, 7) is 3.63. The predicted molar refractivity (Wildman–Crippen MR) is 64.3 cm³/mol. The van der Waals surface area contributed by atoms with Crippen LogP contribution in [0, 0.1) is 11.3 Å². The summed E-state index contributed by atoms with van der Waals surface area (Å²) in [5.41, 5.74) is 0.708. The first kappa shape index (κ1) is 10.9. The number of hydrogen-bond donors (Lipinski definition) is 1. The molecule has 0 aromatic carbocycles. The van der Waals surface area contributed by atoms with Crippen LogP contribution >= 0.6 is 0 Å². The number of rotatable bonds is 3. The molecule has 0 amide bonds. The molecule has 0 radical (unpaired) electrons. The van der Waals surface area contributed by atoms with Crippen LogP contribution in [-0.4, -0.2) is 45.0 Å². The van der Waals surface area contributed by atoms with Gasteiger partial charge >= 0.3 is 0 Å². The quantitative estimate of drug-likeness (QED) is 0.561. The second-order valence-corrected chi connectivity index (χ2v) is 5.24.